The first-order valence-corrected chi connectivity index (χ1v) is 10.5. The highest BCUT2D eigenvalue weighted by Crippen LogP contribution is 2.42. The zero-order valence-electron chi connectivity index (χ0n) is 16.9. The Kier molecular flexibility index (Phi) is 9.04. The second-order valence-electron chi connectivity index (χ2n) is 7.45. The third-order valence-electron chi connectivity index (χ3n) is 5.22. The van der Waals surface area contributed by atoms with Crippen molar-refractivity contribution in [2.75, 3.05) is 19.5 Å². The number of carbonyl (C=O) groups is 2. The average Bonchev–Trinajstić information content (AvgIpc) is 3.00. The van der Waals surface area contributed by atoms with Crippen LogP contribution >= 0.6 is 11.8 Å². The van der Waals surface area contributed by atoms with E-state index in [-0.39, 0.29) is 5.75 Å². The lowest BCUT2D eigenvalue weighted by Crippen LogP contribution is -2.66. The Morgan fingerprint density at radius 3 is 2.39 bits per heavy atom. The van der Waals surface area contributed by atoms with Crippen molar-refractivity contribution in [3.05, 3.63) is 0 Å². The summed E-state index contributed by atoms with van der Waals surface area (Å²) in [6, 6.07) is -1.27. The van der Waals surface area contributed by atoms with Crippen molar-refractivity contribution in [2.24, 2.45) is 0 Å². The van der Waals surface area contributed by atoms with E-state index in [4.69, 9.17) is 19.3 Å². The smallest absolute Gasteiger partial charge is 0.346 e. The summed E-state index contributed by atoms with van der Waals surface area (Å²) in [6.45, 7) is 0.262. The number of hydrogen-bond donors (Lipinski definition) is 8. The van der Waals surface area contributed by atoms with E-state index in [1.165, 1.54) is 7.11 Å². The number of hydrogen-bond acceptors (Lipinski definition) is 12. The van der Waals surface area contributed by atoms with Gasteiger partial charge in [-0.05, 0) is 0 Å². The highest BCUT2D eigenvalue weighted by Gasteiger charge is 2.56. The Hall–Kier alpha value is -1.07. The van der Waals surface area contributed by atoms with E-state index < -0.39 is 84.9 Å². The zero-order chi connectivity index (χ0) is 23.5. The summed E-state index contributed by atoms with van der Waals surface area (Å²) in [6.07, 6.45) is -12.1. The molecule has 0 bridgehead atoms. The lowest BCUT2D eigenvalue weighted by Gasteiger charge is -2.46. The maximum atomic E-state index is 12.1. The summed E-state index contributed by atoms with van der Waals surface area (Å²) >= 11 is 0.632. The van der Waals surface area contributed by atoms with E-state index >= 15 is 0 Å². The van der Waals surface area contributed by atoms with Crippen molar-refractivity contribution in [3.63, 3.8) is 0 Å². The average molecular weight is 471 g/mol. The van der Waals surface area contributed by atoms with Gasteiger partial charge in [-0.25, -0.2) is 4.79 Å². The zero-order valence-corrected chi connectivity index (χ0v) is 17.7. The van der Waals surface area contributed by atoms with E-state index in [1.807, 2.05) is 0 Å². The van der Waals surface area contributed by atoms with E-state index in [2.05, 4.69) is 5.32 Å². The number of nitrogens with one attached hydrogen (secondary N) is 1. The molecule has 31 heavy (non-hydrogen) atoms. The monoisotopic (exact) mass is 471 g/mol. The molecule has 2 rings (SSSR count). The molecular formula is C17H29NO12S. The van der Waals surface area contributed by atoms with E-state index in [0.29, 0.717) is 11.8 Å². The number of rotatable bonds is 9. The van der Waals surface area contributed by atoms with Crippen LogP contribution in [0.5, 0.6) is 0 Å². The number of amides is 1. The standard InChI is InChI=1S/C17H29NO12S/c1-6(20)18-10-7(21)3-17(16(26)27,30-14(10)11(23)8(22)4-19)31-5-9-12(24)13(25)15(28-2)29-9/h7-15,19,21-25H,3-5H2,1-2H3,(H,18,20)(H,26,27)/t7?,8-,9-,10?,11+,12-,13+,14?,15+,17?/m1/s1. The molecule has 2 heterocycles. The molecular weight excluding hydrogens is 442 g/mol. The first-order chi connectivity index (χ1) is 14.5. The van der Waals surface area contributed by atoms with Gasteiger partial charge in [-0.2, -0.15) is 0 Å². The van der Waals surface area contributed by atoms with Gasteiger partial charge in [-0.3, -0.25) is 4.79 Å². The fourth-order valence-electron chi connectivity index (χ4n) is 3.54. The van der Waals surface area contributed by atoms with Gasteiger partial charge in [0.2, 0.25) is 10.8 Å². The Morgan fingerprint density at radius 2 is 1.90 bits per heavy atom. The van der Waals surface area contributed by atoms with Crippen LogP contribution in [0, 0.1) is 0 Å². The van der Waals surface area contributed by atoms with Gasteiger partial charge in [-0.1, -0.05) is 0 Å². The van der Waals surface area contributed by atoms with Gasteiger partial charge in [0.05, 0.1) is 24.9 Å². The number of methoxy groups -OCH3 is 1. The molecule has 0 spiro atoms. The minimum absolute atomic E-state index is 0.201. The molecule has 13 nitrogen and oxygen atoms in total. The molecule has 0 aromatic heterocycles. The number of carboxylic acids is 1. The molecule has 0 aromatic rings. The van der Waals surface area contributed by atoms with Crippen LogP contribution in [0.4, 0.5) is 0 Å². The minimum atomic E-state index is -2.16. The van der Waals surface area contributed by atoms with Crippen molar-refractivity contribution >= 4 is 23.6 Å². The maximum Gasteiger partial charge on any atom is 0.346 e. The number of aliphatic hydroxyl groups is 6. The van der Waals surface area contributed by atoms with Crippen LogP contribution in [0.15, 0.2) is 0 Å². The molecule has 2 aliphatic heterocycles. The lowest BCUT2D eigenvalue weighted by atomic mass is 9.90. The lowest BCUT2D eigenvalue weighted by molar-refractivity contribution is -0.205. The van der Waals surface area contributed by atoms with E-state index in [0.717, 1.165) is 6.92 Å². The van der Waals surface area contributed by atoms with Crippen molar-refractivity contribution in [1.82, 2.24) is 5.32 Å². The first kappa shape index (κ1) is 26.2. The number of carbonyl (C=O) groups excluding carboxylic acids is 1. The van der Waals surface area contributed by atoms with Crippen LogP contribution < -0.4 is 5.32 Å². The predicted octanol–water partition coefficient (Wildman–Crippen LogP) is -4.04. The van der Waals surface area contributed by atoms with Gasteiger partial charge in [-0.15, -0.1) is 11.8 Å². The Balaban J connectivity index is 2.25. The molecule has 0 radical (unpaired) electrons. The van der Waals surface area contributed by atoms with Crippen molar-refractivity contribution in [1.29, 1.82) is 0 Å². The number of aliphatic hydroxyl groups excluding tert-OH is 6. The summed E-state index contributed by atoms with van der Waals surface area (Å²) in [4.78, 5) is 21.5. The fourth-order valence-corrected chi connectivity index (χ4v) is 4.84. The summed E-state index contributed by atoms with van der Waals surface area (Å²) < 4.78 is 15.9. The summed E-state index contributed by atoms with van der Waals surface area (Å²) in [7, 11) is 1.26. The van der Waals surface area contributed by atoms with Crippen LogP contribution in [-0.4, -0.2) is 127 Å². The van der Waals surface area contributed by atoms with Gasteiger partial charge in [0.15, 0.2) is 6.29 Å². The van der Waals surface area contributed by atoms with E-state index in [9.17, 15) is 40.2 Å². The molecule has 14 heteroatoms. The third-order valence-corrected chi connectivity index (χ3v) is 6.62. The number of aliphatic carboxylic acids is 1. The summed E-state index contributed by atoms with van der Waals surface area (Å²) in [5.74, 6) is -2.32. The van der Waals surface area contributed by atoms with Crippen LogP contribution in [0.1, 0.15) is 13.3 Å². The third kappa shape index (κ3) is 5.65. The van der Waals surface area contributed by atoms with Crippen molar-refractivity contribution in [3.8, 4) is 0 Å². The Bertz CT molecular complexity index is 640. The second kappa shape index (κ2) is 10.7. The minimum Gasteiger partial charge on any atom is -0.478 e. The SMILES string of the molecule is CO[C@H]1O[C@H](CSC2(C(=O)O)CC(O)C(NC(C)=O)C([C@@H](O)[C@H](O)CO)O2)[C@@H](O)[C@@H]1O. The molecule has 1 amide bonds. The molecule has 8 N–H and O–H groups in total. The quantitative estimate of drug-likeness (QED) is 0.161. The maximum absolute atomic E-state index is 12.1. The van der Waals surface area contributed by atoms with Gasteiger partial charge in [0.25, 0.3) is 0 Å². The van der Waals surface area contributed by atoms with Gasteiger partial charge >= 0.3 is 5.97 Å². The number of thioether (sulfide) groups is 1. The molecule has 0 aliphatic carbocycles. The molecule has 2 saturated heterocycles. The Morgan fingerprint density at radius 1 is 1.26 bits per heavy atom. The fraction of sp³-hybridized carbons (Fsp3) is 0.882. The molecule has 2 aliphatic rings. The molecule has 0 aromatic carbocycles. The molecule has 2 fully saturated rings. The molecule has 0 saturated carbocycles. The first-order valence-electron chi connectivity index (χ1n) is 9.49. The van der Waals surface area contributed by atoms with Crippen LogP contribution in [-0.2, 0) is 23.8 Å². The van der Waals surface area contributed by atoms with Crippen LogP contribution in [0.3, 0.4) is 0 Å². The number of ether oxygens (including phenoxy) is 3. The number of carboxylic acid groups (broad SMARTS) is 1. The van der Waals surface area contributed by atoms with Gasteiger partial charge < -0.3 is 55.3 Å². The van der Waals surface area contributed by atoms with Crippen LogP contribution in [0.2, 0.25) is 0 Å². The highest BCUT2D eigenvalue weighted by molar-refractivity contribution is 8.01. The largest absolute Gasteiger partial charge is 0.478 e. The van der Waals surface area contributed by atoms with Gasteiger partial charge in [0.1, 0.15) is 30.5 Å². The van der Waals surface area contributed by atoms with Gasteiger partial charge in [0, 0.05) is 26.2 Å². The summed E-state index contributed by atoms with van der Waals surface area (Å²) in [5, 5.41) is 72.1. The van der Waals surface area contributed by atoms with Crippen molar-refractivity contribution < 1.29 is 59.5 Å². The highest BCUT2D eigenvalue weighted by atomic mass is 32.2. The molecule has 180 valence electrons. The van der Waals surface area contributed by atoms with Crippen molar-refractivity contribution in [2.45, 2.75) is 73.3 Å². The topological polar surface area (TPSA) is 215 Å². The molecule has 10 atom stereocenters. The van der Waals surface area contributed by atoms with Crippen LogP contribution in [0.25, 0.3) is 0 Å². The second-order valence-corrected chi connectivity index (χ2v) is 8.73. The normalized spacial score (nSPS) is 40.3. The summed E-state index contributed by atoms with van der Waals surface area (Å²) in [5.41, 5.74) is 0. The molecule has 4 unspecified atom stereocenters. The predicted molar refractivity (Wildman–Crippen MR) is 103 cm³/mol. The Labute approximate surface area is 181 Å². The van der Waals surface area contributed by atoms with E-state index in [1.54, 1.807) is 0 Å².